The Kier molecular flexibility index (Phi) is 9.64. The van der Waals surface area contributed by atoms with Crippen LogP contribution in [0.25, 0.3) is 0 Å². The molecular weight excluding hydrogens is 654 g/mol. The smallest absolute Gasteiger partial charge is 0.321 e. The highest BCUT2D eigenvalue weighted by Gasteiger charge is 2.17. The molecule has 1 aromatic heterocycles. The minimum atomic E-state index is -3.98. The van der Waals surface area contributed by atoms with Gasteiger partial charge in [-0.15, -0.1) is 0 Å². The van der Waals surface area contributed by atoms with E-state index < -0.39 is 15.9 Å². The predicted molar refractivity (Wildman–Crippen MR) is 149 cm³/mol. The van der Waals surface area contributed by atoms with Gasteiger partial charge in [0, 0.05) is 16.2 Å². The highest BCUT2D eigenvalue weighted by atomic mass is 79.9. The molecule has 0 fully saturated rings. The van der Waals surface area contributed by atoms with Crippen molar-refractivity contribution in [3.05, 3.63) is 57.0 Å². The summed E-state index contributed by atoms with van der Waals surface area (Å²) < 4.78 is 45.0. The molecule has 0 bridgehead atoms. The van der Waals surface area contributed by atoms with E-state index >= 15 is 0 Å². The first-order valence-corrected chi connectivity index (χ1v) is 13.8. The van der Waals surface area contributed by atoms with Gasteiger partial charge in [0.25, 0.3) is 15.9 Å². The number of carbonyl (C=O) groups is 1. The Morgan fingerprint density at radius 1 is 1.05 bits per heavy atom. The maximum atomic E-state index is 12.8. The molecule has 3 N–H and O–H groups in total. The third kappa shape index (κ3) is 7.99. The van der Waals surface area contributed by atoms with Gasteiger partial charge >= 0.3 is 6.01 Å². The summed E-state index contributed by atoms with van der Waals surface area (Å²) in [6, 6.07) is 10.6. The van der Waals surface area contributed by atoms with Gasteiger partial charge in [0.1, 0.15) is 5.75 Å². The second kappa shape index (κ2) is 12.5. The number of thiocarbonyl (C=S) groups is 1. The van der Waals surface area contributed by atoms with Crippen LogP contribution in [0, 0.1) is 6.92 Å². The van der Waals surface area contributed by atoms with Gasteiger partial charge in [-0.3, -0.25) is 14.8 Å². The van der Waals surface area contributed by atoms with Gasteiger partial charge in [-0.2, -0.15) is 9.97 Å². The molecule has 3 aromatic rings. The molecule has 0 unspecified atom stereocenters. The molecule has 2 aromatic carbocycles. The molecule has 0 saturated heterocycles. The summed E-state index contributed by atoms with van der Waals surface area (Å²) in [5.41, 5.74) is 1.30. The van der Waals surface area contributed by atoms with Gasteiger partial charge < -0.3 is 19.5 Å². The first-order chi connectivity index (χ1) is 17.5. The van der Waals surface area contributed by atoms with Crippen molar-refractivity contribution in [1.82, 2.24) is 15.3 Å². The van der Waals surface area contributed by atoms with Crippen LogP contribution < -0.4 is 29.6 Å². The summed E-state index contributed by atoms with van der Waals surface area (Å²) >= 11 is 12.0. The highest BCUT2D eigenvalue weighted by Crippen LogP contribution is 2.32. The Balaban J connectivity index is 1.58. The van der Waals surface area contributed by atoms with Crippen LogP contribution in [-0.4, -0.2) is 50.2 Å². The second-order valence-electron chi connectivity index (χ2n) is 7.24. The number of amides is 1. The topological polar surface area (TPSA) is 141 Å². The van der Waals surface area contributed by atoms with E-state index in [9.17, 15) is 13.2 Å². The molecule has 1 amide bonds. The van der Waals surface area contributed by atoms with Crippen LogP contribution in [0.3, 0.4) is 0 Å². The van der Waals surface area contributed by atoms with E-state index in [2.05, 4.69) is 57.2 Å². The third-order valence-electron chi connectivity index (χ3n) is 4.53. The zero-order valence-electron chi connectivity index (χ0n) is 19.7. The lowest BCUT2D eigenvalue weighted by Crippen LogP contribution is -2.37. The van der Waals surface area contributed by atoms with Gasteiger partial charge in [0.05, 0.1) is 23.6 Å². The van der Waals surface area contributed by atoms with Gasteiger partial charge in [0.15, 0.2) is 17.5 Å². The van der Waals surface area contributed by atoms with Crippen molar-refractivity contribution in [2.45, 2.75) is 11.8 Å². The molecule has 0 atom stereocenters. The van der Waals surface area contributed by atoms with Crippen molar-refractivity contribution in [2.24, 2.45) is 0 Å². The van der Waals surface area contributed by atoms with Crippen LogP contribution in [0.4, 0.5) is 11.5 Å². The number of nitrogens with one attached hydrogen (secondary N) is 3. The van der Waals surface area contributed by atoms with E-state index in [0.29, 0.717) is 15.9 Å². The molecule has 11 nitrogen and oxygen atoms in total. The quantitative estimate of drug-likeness (QED) is 0.285. The first-order valence-electron chi connectivity index (χ1n) is 10.3. The average Bonchev–Trinajstić information content (AvgIpc) is 2.83. The summed E-state index contributed by atoms with van der Waals surface area (Å²) in [4.78, 5) is 20.1. The maximum Gasteiger partial charge on any atom is 0.321 e. The molecule has 15 heteroatoms. The lowest BCUT2D eigenvalue weighted by molar-refractivity contribution is -0.121. The number of anilines is 2. The van der Waals surface area contributed by atoms with Gasteiger partial charge in [-0.1, -0.05) is 15.9 Å². The van der Waals surface area contributed by atoms with Crippen LogP contribution in [0.5, 0.6) is 17.6 Å². The number of hydrogen-bond donors (Lipinski definition) is 3. The number of sulfonamides is 1. The Hall–Kier alpha value is -3.01. The number of aryl methyl sites for hydroxylation is 1. The van der Waals surface area contributed by atoms with E-state index in [1.54, 1.807) is 0 Å². The minimum Gasteiger partial charge on any atom is -0.482 e. The van der Waals surface area contributed by atoms with Crippen LogP contribution in [0.2, 0.25) is 0 Å². The van der Waals surface area contributed by atoms with Crippen LogP contribution >= 0.6 is 44.1 Å². The molecule has 0 spiro atoms. The third-order valence-corrected chi connectivity index (χ3v) is 7.15. The standard InChI is InChI=1S/C22H21Br2N5O6S2/c1-12-8-13(23)9-16(24)20(12)35-11-18(30)27-22(36)25-14-4-6-15(7-5-14)37(31,32)29-17-10-19(33-2)28-21(26-17)34-3/h4-10H,11H2,1-3H3,(H,26,28,29)(H2,25,27,30,36). The van der Waals surface area contributed by atoms with Gasteiger partial charge in [-0.25, -0.2) is 8.42 Å². The van der Waals surface area contributed by atoms with Crippen molar-refractivity contribution in [3.8, 4) is 17.6 Å². The number of aromatic nitrogens is 2. The Bertz CT molecular complexity index is 1380. The number of ether oxygens (including phenoxy) is 3. The molecule has 3 rings (SSSR count). The SMILES string of the molecule is COc1cc(NS(=O)(=O)c2ccc(NC(=S)NC(=O)COc3c(C)cc(Br)cc3Br)cc2)nc(OC)n1. The van der Waals surface area contributed by atoms with Crippen LogP contribution in [0.15, 0.2) is 56.3 Å². The summed E-state index contributed by atoms with van der Waals surface area (Å²) in [5, 5.41) is 5.35. The number of rotatable bonds is 9. The number of hydrogen-bond acceptors (Lipinski definition) is 9. The van der Waals surface area contributed by atoms with E-state index in [1.807, 2.05) is 19.1 Å². The molecule has 37 heavy (non-hydrogen) atoms. The van der Waals surface area contributed by atoms with E-state index in [0.717, 1.165) is 10.0 Å². The Morgan fingerprint density at radius 3 is 2.38 bits per heavy atom. The molecule has 0 saturated carbocycles. The van der Waals surface area contributed by atoms with Crippen LogP contribution in [-0.2, 0) is 14.8 Å². The zero-order chi connectivity index (χ0) is 27.2. The maximum absolute atomic E-state index is 12.8. The summed E-state index contributed by atoms with van der Waals surface area (Å²) in [6.07, 6.45) is 0. The molecule has 1 heterocycles. The van der Waals surface area contributed by atoms with Crippen LogP contribution in [0.1, 0.15) is 5.56 Å². The number of benzene rings is 2. The predicted octanol–water partition coefficient (Wildman–Crippen LogP) is 4.02. The molecule has 0 aliphatic carbocycles. The van der Waals surface area contributed by atoms with Crippen molar-refractivity contribution in [2.75, 3.05) is 30.9 Å². The summed E-state index contributed by atoms with van der Waals surface area (Å²) in [7, 11) is -1.24. The van der Waals surface area contributed by atoms with E-state index in [-0.39, 0.29) is 34.3 Å². The van der Waals surface area contributed by atoms with E-state index in [4.69, 9.17) is 26.4 Å². The van der Waals surface area contributed by atoms with Crippen molar-refractivity contribution in [3.63, 3.8) is 0 Å². The first kappa shape index (κ1) is 28.6. The number of carbonyl (C=O) groups excluding carboxylic acids is 1. The normalized spacial score (nSPS) is 10.8. The Labute approximate surface area is 235 Å². The highest BCUT2D eigenvalue weighted by molar-refractivity contribution is 9.11. The Morgan fingerprint density at radius 2 is 1.76 bits per heavy atom. The fraction of sp³-hybridized carbons (Fsp3) is 0.182. The fourth-order valence-corrected chi connectivity index (χ4v) is 5.68. The van der Waals surface area contributed by atoms with Gasteiger partial charge in [0.2, 0.25) is 5.88 Å². The van der Waals surface area contributed by atoms with Gasteiger partial charge in [-0.05, 0) is 77.0 Å². The van der Waals surface area contributed by atoms with Crippen molar-refractivity contribution >= 4 is 76.6 Å². The number of methoxy groups -OCH3 is 2. The monoisotopic (exact) mass is 673 g/mol. The average molecular weight is 675 g/mol. The molecule has 0 aliphatic heterocycles. The lowest BCUT2D eigenvalue weighted by Gasteiger charge is -2.13. The fourth-order valence-electron chi connectivity index (χ4n) is 2.90. The van der Waals surface area contributed by atoms with Crippen molar-refractivity contribution in [1.29, 1.82) is 0 Å². The van der Waals surface area contributed by atoms with E-state index in [1.165, 1.54) is 44.6 Å². The lowest BCUT2D eigenvalue weighted by atomic mass is 10.2. The minimum absolute atomic E-state index is 0.0223. The molecule has 0 radical (unpaired) electrons. The largest absolute Gasteiger partial charge is 0.482 e. The van der Waals surface area contributed by atoms with Crippen molar-refractivity contribution < 1.29 is 27.4 Å². The summed E-state index contributed by atoms with van der Waals surface area (Å²) in [6.45, 7) is 1.60. The molecule has 0 aliphatic rings. The molecule has 196 valence electrons. The zero-order valence-corrected chi connectivity index (χ0v) is 24.5. The number of halogens is 2. The second-order valence-corrected chi connectivity index (χ2v) is 11.1. The summed E-state index contributed by atoms with van der Waals surface area (Å²) in [5.74, 6) is 0.180. The number of nitrogens with zero attached hydrogens (tertiary/aromatic N) is 2. The molecular formula is C22H21Br2N5O6S2.